The number of methoxy groups -OCH3 is 1. The van der Waals surface area contributed by atoms with Crippen LogP contribution in [0.4, 0.5) is 0 Å². The van der Waals surface area contributed by atoms with Gasteiger partial charge in [-0.1, -0.05) is 0 Å². The van der Waals surface area contributed by atoms with Crippen LogP contribution < -0.4 is 4.74 Å². The molecular weight excluding hydrogens is 338 g/mol. The number of ether oxygens (including phenoxy) is 2. The molecule has 3 rings (SSSR count). The van der Waals surface area contributed by atoms with Gasteiger partial charge in [0, 0.05) is 0 Å². The first-order valence-corrected chi connectivity index (χ1v) is 9.73. The molecule has 132 valence electrons. The molecule has 0 amide bonds. The Hall–Kier alpha value is -1.36. The Morgan fingerprint density at radius 2 is 2.08 bits per heavy atom. The normalized spacial score (nSPS) is 29.4. The van der Waals surface area contributed by atoms with E-state index in [1.807, 2.05) is 0 Å². The van der Waals surface area contributed by atoms with Crippen molar-refractivity contribution in [2.24, 2.45) is 0 Å². The maximum atomic E-state index is 10.5. The predicted octanol–water partition coefficient (Wildman–Crippen LogP) is -0.818. The molecule has 1 fully saturated rings. The van der Waals surface area contributed by atoms with Crippen molar-refractivity contribution in [3.63, 3.8) is 0 Å². The summed E-state index contributed by atoms with van der Waals surface area (Å²) < 4.78 is 23.3. The fraction of sp³-hybridized carbons (Fsp3) is 0.583. The number of aliphatic hydroxyl groups excluding tert-OH is 1. The number of rotatable bonds is 2. The monoisotopic (exact) mass is 358 g/mol. The van der Waals surface area contributed by atoms with E-state index < -0.39 is 20.2 Å². The van der Waals surface area contributed by atoms with Crippen LogP contribution in [0.2, 0.25) is 0 Å². The number of hydrogen-bond donors (Lipinski definition) is 2. The molecule has 3 heterocycles. The standard InChI is InChI=1S/C12H20BN4O6P/c1-7-3-21-24(13,19)22-4-8(18)12(23-7)17-6-16-9-10(17)14-5-15-11(9)20-2/h5-8,12,18-19,24H,3-4,13H2,1-2H3/t7-,8-,12+/m0/s1. The van der Waals surface area contributed by atoms with Crippen molar-refractivity contribution in [1.82, 2.24) is 19.5 Å². The van der Waals surface area contributed by atoms with Gasteiger partial charge in [-0.2, -0.15) is 0 Å². The predicted molar refractivity (Wildman–Crippen MR) is 88.4 cm³/mol. The third kappa shape index (κ3) is 3.51. The van der Waals surface area contributed by atoms with Crippen molar-refractivity contribution >= 4 is 26.6 Å². The average Bonchev–Trinajstić information content (AvgIpc) is 3.00. The molecule has 0 saturated carbocycles. The summed E-state index contributed by atoms with van der Waals surface area (Å²) in [6, 6.07) is 0. The Bertz CT molecular complexity index is 716. The molecule has 24 heavy (non-hydrogen) atoms. The van der Waals surface area contributed by atoms with E-state index in [4.69, 9.17) is 18.5 Å². The van der Waals surface area contributed by atoms with Gasteiger partial charge in [-0.25, -0.2) is 0 Å². The molecule has 0 aromatic carbocycles. The van der Waals surface area contributed by atoms with Gasteiger partial charge in [0.2, 0.25) is 0 Å². The van der Waals surface area contributed by atoms with E-state index in [9.17, 15) is 10.00 Å². The SMILES string of the molecule is B[PH]1(O)OC[C@H](C)O[C@@H](n2cnc3c(OC)ncnc32)[C@@H](O)CO1. The Balaban J connectivity index is 1.97. The van der Waals surface area contributed by atoms with Crippen LogP contribution in [-0.4, -0.2) is 69.6 Å². The fourth-order valence-corrected chi connectivity index (χ4v) is 3.53. The second kappa shape index (κ2) is 6.87. The van der Waals surface area contributed by atoms with Crippen LogP contribution in [0.3, 0.4) is 0 Å². The van der Waals surface area contributed by atoms with Crippen LogP contribution in [0, 0.1) is 0 Å². The Morgan fingerprint density at radius 1 is 1.33 bits per heavy atom. The topological polar surface area (TPSA) is 121 Å². The van der Waals surface area contributed by atoms with E-state index in [2.05, 4.69) is 15.0 Å². The number of fused-ring (bicyclic) bond motifs is 1. The zero-order valence-corrected chi connectivity index (χ0v) is 14.6. The summed E-state index contributed by atoms with van der Waals surface area (Å²) in [6.07, 6.45) is 0.604. The van der Waals surface area contributed by atoms with Gasteiger partial charge in [0.1, 0.15) is 0 Å². The van der Waals surface area contributed by atoms with E-state index in [0.717, 1.165) is 0 Å². The third-order valence-electron chi connectivity index (χ3n) is 3.60. The molecular formula is C12H20BN4O6P. The zero-order chi connectivity index (χ0) is 17.3. The molecule has 0 spiro atoms. The first-order chi connectivity index (χ1) is 11.4. The fourth-order valence-electron chi connectivity index (χ4n) is 2.42. The van der Waals surface area contributed by atoms with Crippen molar-refractivity contribution < 1.29 is 28.5 Å². The molecule has 0 aliphatic carbocycles. The summed E-state index contributed by atoms with van der Waals surface area (Å²) in [6.45, 7) is 1.79. The molecule has 0 radical (unpaired) electrons. The van der Waals surface area contributed by atoms with Gasteiger partial charge in [0.25, 0.3) is 0 Å². The van der Waals surface area contributed by atoms with E-state index >= 15 is 0 Å². The van der Waals surface area contributed by atoms with Gasteiger partial charge in [-0.3, -0.25) is 0 Å². The van der Waals surface area contributed by atoms with Gasteiger partial charge in [-0.05, 0) is 0 Å². The number of imidazole rings is 1. The van der Waals surface area contributed by atoms with Crippen LogP contribution in [0.25, 0.3) is 11.2 Å². The molecule has 12 heteroatoms. The molecule has 10 nitrogen and oxygen atoms in total. The molecule has 2 aromatic heterocycles. The molecule has 2 N–H and O–H groups in total. The summed E-state index contributed by atoms with van der Waals surface area (Å²) in [4.78, 5) is 22.5. The number of aliphatic hydroxyl groups is 1. The summed E-state index contributed by atoms with van der Waals surface area (Å²) in [5.41, 5.74) is 0.920. The second-order valence-electron chi connectivity index (χ2n) is 5.63. The summed E-state index contributed by atoms with van der Waals surface area (Å²) in [5, 5.41) is 10.5. The Labute approximate surface area is 139 Å². The number of hydrogen-bond acceptors (Lipinski definition) is 9. The summed E-state index contributed by atoms with van der Waals surface area (Å²) in [7, 11) is -0.293. The van der Waals surface area contributed by atoms with Crippen LogP contribution in [0.15, 0.2) is 12.7 Å². The Morgan fingerprint density at radius 3 is 2.83 bits per heavy atom. The van der Waals surface area contributed by atoms with Crippen molar-refractivity contribution in [3.05, 3.63) is 12.7 Å². The molecule has 1 aliphatic rings. The number of aromatic nitrogens is 4. The summed E-state index contributed by atoms with van der Waals surface area (Å²) >= 11 is 0. The second-order valence-corrected chi connectivity index (χ2v) is 8.00. The first-order valence-electron chi connectivity index (χ1n) is 7.46. The van der Waals surface area contributed by atoms with Gasteiger partial charge in [0.05, 0.1) is 0 Å². The molecule has 2 aromatic rings. The van der Waals surface area contributed by atoms with Crippen molar-refractivity contribution in [3.8, 4) is 5.88 Å². The van der Waals surface area contributed by atoms with Gasteiger partial charge >= 0.3 is 139 Å². The van der Waals surface area contributed by atoms with E-state index in [-0.39, 0.29) is 19.3 Å². The third-order valence-corrected chi connectivity index (χ3v) is 5.01. The van der Waals surface area contributed by atoms with Crippen molar-refractivity contribution in [2.45, 2.75) is 25.4 Å². The molecule has 0 bridgehead atoms. The molecule has 0 unspecified atom stereocenters. The van der Waals surface area contributed by atoms with Gasteiger partial charge < -0.3 is 0 Å². The molecule has 1 saturated heterocycles. The molecule has 1 aliphatic heterocycles. The zero-order valence-electron chi connectivity index (χ0n) is 13.6. The van der Waals surface area contributed by atoms with Crippen LogP contribution >= 0.6 is 7.82 Å². The van der Waals surface area contributed by atoms with Gasteiger partial charge in [-0.15, -0.1) is 0 Å². The van der Waals surface area contributed by atoms with E-state index in [1.165, 1.54) is 27.3 Å². The Kier molecular flexibility index (Phi) is 5.00. The van der Waals surface area contributed by atoms with Crippen LogP contribution in [-0.2, 0) is 13.8 Å². The van der Waals surface area contributed by atoms with E-state index in [1.54, 1.807) is 11.5 Å². The minimum absolute atomic E-state index is 0.140. The van der Waals surface area contributed by atoms with Crippen molar-refractivity contribution in [1.29, 1.82) is 0 Å². The van der Waals surface area contributed by atoms with Crippen LogP contribution in [0.1, 0.15) is 13.2 Å². The first kappa shape index (κ1) is 17.5. The van der Waals surface area contributed by atoms with Gasteiger partial charge in [0.15, 0.2) is 0 Å². The average molecular weight is 358 g/mol. The minimum atomic E-state index is -3.28. The summed E-state index contributed by atoms with van der Waals surface area (Å²) in [5.74, 6) is 0.333. The van der Waals surface area contributed by atoms with E-state index in [0.29, 0.717) is 17.0 Å². The van der Waals surface area contributed by atoms with Crippen molar-refractivity contribution in [2.75, 3.05) is 20.3 Å². The maximum absolute atomic E-state index is 10.5. The molecule has 3 atom stereocenters. The number of nitrogens with zero attached hydrogens (tertiary/aromatic N) is 4. The van der Waals surface area contributed by atoms with Crippen LogP contribution in [0.5, 0.6) is 5.88 Å². The quantitative estimate of drug-likeness (QED) is 0.524.